The van der Waals surface area contributed by atoms with Gasteiger partial charge in [-0.15, -0.1) is 0 Å². The van der Waals surface area contributed by atoms with Crippen LogP contribution in [0.5, 0.6) is 0 Å². The molecule has 2 rings (SSSR count). The van der Waals surface area contributed by atoms with Crippen molar-refractivity contribution < 1.29 is 9.53 Å². The second-order valence-corrected chi connectivity index (χ2v) is 5.06. The molecule has 22 heavy (non-hydrogen) atoms. The number of amides is 1. The van der Waals surface area contributed by atoms with Gasteiger partial charge in [0.15, 0.2) is 0 Å². The topological polar surface area (TPSA) is 76.1 Å². The maximum Gasteiger partial charge on any atom is 0.258 e. The van der Waals surface area contributed by atoms with Crippen LogP contribution in [0.25, 0.3) is 0 Å². The predicted octanol–water partition coefficient (Wildman–Crippen LogP) is 2.75. The van der Waals surface area contributed by atoms with Crippen molar-refractivity contribution in [3.8, 4) is 0 Å². The number of hydrogen-bond donors (Lipinski definition) is 2. The van der Waals surface area contributed by atoms with Gasteiger partial charge in [0.25, 0.3) is 5.91 Å². The highest BCUT2D eigenvalue weighted by atomic mass is 35.5. The average Bonchev–Trinajstić information content (AvgIpc) is 2.51. The molecular formula is C15H17ClN4O2. The van der Waals surface area contributed by atoms with Crippen LogP contribution < -0.4 is 10.6 Å². The molecule has 0 aliphatic carbocycles. The molecule has 1 aromatic carbocycles. The molecule has 0 bridgehead atoms. The monoisotopic (exact) mass is 320 g/mol. The first kappa shape index (κ1) is 16.2. The standard InChI is InChI=1S/C15H17ClN4O2/c1-10-7-12(16)3-4-13(10)20-14(21)11-8-18-15(19-9-11)17-5-6-22-2/h3-4,7-9H,5-6H2,1-2H3,(H,20,21)(H,17,18,19). The molecule has 0 aliphatic rings. The van der Waals surface area contributed by atoms with Gasteiger partial charge in [-0.05, 0) is 30.7 Å². The quantitative estimate of drug-likeness (QED) is 0.800. The molecule has 0 atom stereocenters. The summed E-state index contributed by atoms with van der Waals surface area (Å²) < 4.78 is 4.92. The zero-order valence-corrected chi connectivity index (χ0v) is 13.1. The number of rotatable bonds is 6. The lowest BCUT2D eigenvalue weighted by Crippen LogP contribution is -2.15. The summed E-state index contributed by atoms with van der Waals surface area (Å²) in [4.78, 5) is 20.3. The molecule has 0 spiro atoms. The van der Waals surface area contributed by atoms with E-state index in [-0.39, 0.29) is 5.91 Å². The van der Waals surface area contributed by atoms with Gasteiger partial charge < -0.3 is 15.4 Å². The second kappa shape index (κ2) is 7.72. The molecule has 7 heteroatoms. The minimum atomic E-state index is -0.270. The highest BCUT2D eigenvalue weighted by Crippen LogP contribution is 2.20. The molecule has 0 unspecified atom stereocenters. The molecule has 0 saturated heterocycles. The summed E-state index contributed by atoms with van der Waals surface area (Å²) in [5.74, 6) is 0.185. The van der Waals surface area contributed by atoms with Crippen LogP contribution in [-0.2, 0) is 4.74 Å². The molecule has 0 aliphatic heterocycles. The second-order valence-electron chi connectivity index (χ2n) is 4.63. The third-order valence-electron chi connectivity index (χ3n) is 2.94. The zero-order valence-electron chi connectivity index (χ0n) is 12.4. The van der Waals surface area contributed by atoms with Crippen molar-refractivity contribution >= 4 is 29.1 Å². The van der Waals surface area contributed by atoms with E-state index in [1.807, 2.05) is 6.92 Å². The van der Waals surface area contributed by atoms with Gasteiger partial charge >= 0.3 is 0 Å². The molecule has 6 nitrogen and oxygen atoms in total. The van der Waals surface area contributed by atoms with Crippen LogP contribution in [0.15, 0.2) is 30.6 Å². The lowest BCUT2D eigenvalue weighted by molar-refractivity contribution is 0.102. The van der Waals surface area contributed by atoms with Crippen molar-refractivity contribution in [1.29, 1.82) is 0 Å². The molecule has 2 aromatic rings. The van der Waals surface area contributed by atoms with Crippen LogP contribution in [0.1, 0.15) is 15.9 Å². The van der Waals surface area contributed by atoms with E-state index in [0.717, 1.165) is 5.56 Å². The summed E-state index contributed by atoms with van der Waals surface area (Å²) >= 11 is 5.89. The number of nitrogens with one attached hydrogen (secondary N) is 2. The van der Waals surface area contributed by atoms with E-state index < -0.39 is 0 Å². The molecule has 0 saturated carbocycles. The number of nitrogens with zero attached hydrogens (tertiary/aromatic N) is 2. The van der Waals surface area contributed by atoms with Gasteiger partial charge in [-0.25, -0.2) is 9.97 Å². The van der Waals surface area contributed by atoms with Crippen molar-refractivity contribution in [2.45, 2.75) is 6.92 Å². The number of aryl methyl sites for hydroxylation is 1. The summed E-state index contributed by atoms with van der Waals surface area (Å²) in [7, 11) is 1.62. The van der Waals surface area contributed by atoms with Gasteiger partial charge in [-0.3, -0.25) is 4.79 Å². The Hall–Kier alpha value is -2.18. The molecule has 2 N–H and O–H groups in total. The van der Waals surface area contributed by atoms with Crippen molar-refractivity contribution in [2.24, 2.45) is 0 Å². The Balaban J connectivity index is 2.00. The molecule has 1 amide bonds. The number of carbonyl (C=O) groups excluding carboxylic acids is 1. The van der Waals surface area contributed by atoms with E-state index in [4.69, 9.17) is 16.3 Å². The Morgan fingerprint density at radius 1 is 1.32 bits per heavy atom. The summed E-state index contributed by atoms with van der Waals surface area (Å²) in [6.45, 7) is 3.04. The van der Waals surface area contributed by atoms with Gasteiger partial charge in [-0.1, -0.05) is 11.6 Å². The Morgan fingerprint density at radius 3 is 2.68 bits per heavy atom. The Morgan fingerprint density at radius 2 is 2.05 bits per heavy atom. The van der Waals surface area contributed by atoms with E-state index in [1.54, 1.807) is 25.3 Å². The van der Waals surface area contributed by atoms with Crippen molar-refractivity contribution in [3.63, 3.8) is 0 Å². The maximum absolute atomic E-state index is 12.2. The number of hydrogen-bond acceptors (Lipinski definition) is 5. The number of halogens is 1. The smallest absolute Gasteiger partial charge is 0.258 e. The van der Waals surface area contributed by atoms with Gasteiger partial charge in [0.1, 0.15) is 0 Å². The van der Waals surface area contributed by atoms with Crippen molar-refractivity contribution in [3.05, 3.63) is 46.7 Å². The molecule has 0 radical (unpaired) electrons. The summed E-state index contributed by atoms with van der Waals surface area (Å²) in [5.41, 5.74) is 1.97. The van der Waals surface area contributed by atoms with Gasteiger partial charge in [0, 0.05) is 36.8 Å². The average molecular weight is 321 g/mol. The normalized spacial score (nSPS) is 10.3. The molecule has 1 heterocycles. The van der Waals surface area contributed by atoms with Crippen molar-refractivity contribution in [2.75, 3.05) is 30.9 Å². The van der Waals surface area contributed by atoms with Crippen LogP contribution in [0.3, 0.4) is 0 Å². The highest BCUT2D eigenvalue weighted by Gasteiger charge is 2.09. The number of methoxy groups -OCH3 is 1. The third-order valence-corrected chi connectivity index (χ3v) is 3.18. The molecule has 1 aromatic heterocycles. The number of ether oxygens (including phenoxy) is 1. The Bertz CT molecular complexity index is 646. The van der Waals surface area contributed by atoms with Crippen LogP contribution in [0, 0.1) is 6.92 Å². The van der Waals surface area contributed by atoms with Crippen LogP contribution in [0.4, 0.5) is 11.6 Å². The fourth-order valence-corrected chi connectivity index (χ4v) is 1.99. The van der Waals surface area contributed by atoms with E-state index in [1.165, 1.54) is 12.4 Å². The van der Waals surface area contributed by atoms with Gasteiger partial charge in [-0.2, -0.15) is 0 Å². The number of benzene rings is 1. The fourth-order valence-electron chi connectivity index (χ4n) is 1.76. The first-order chi connectivity index (χ1) is 10.6. The minimum Gasteiger partial charge on any atom is -0.383 e. The van der Waals surface area contributed by atoms with Gasteiger partial charge in [0.2, 0.25) is 5.95 Å². The highest BCUT2D eigenvalue weighted by molar-refractivity contribution is 6.30. The largest absolute Gasteiger partial charge is 0.383 e. The Labute approximate surface area is 133 Å². The third kappa shape index (κ3) is 4.41. The summed E-state index contributed by atoms with van der Waals surface area (Å²) in [5, 5.41) is 6.42. The summed E-state index contributed by atoms with van der Waals surface area (Å²) in [6.07, 6.45) is 2.95. The van der Waals surface area contributed by atoms with E-state index in [0.29, 0.717) is 35.4 Å². The van der Waals surface area contributed by atoms with E-state index in [9.17, 15) is 4.79 Å². The van der Waals surface area contributed by atoms with E-state index >= 15 is 0 Å². The lowest BCUT2D eigenvalue weighted by Gasteiger charge is -2.09. The van der Waals surface area contributed by atoms with Crippen LogP contribution in [0.2, 0.25) is 5.02 Å². The summed E-state index contributed by atoms with van der Waals surface area (Å²) in [6, 6.07) is 5.27. The lowest BCUT2D eigenvalue weighted by atomic mass is 10.2. The number of aromatic nitrogens is 2. The predicted molar refractivity (Wildman–Crippen MR) is 86.5 cm³/mol. The minimum absolute atomic E-state index is 0.270. The number of carbonyl (C=O) groups is 1. The molecule has 0 fully saturated rings. The fraction of sp³-hybridized carbons (Fsp3) is 0.267. The number of anilines is 2. The first-order valence-electron chi connectivity index (χ1n) is 6.72. The maximum atomic E-state index is 12.2. The molecular weight excluding hydrogens is 304 g/mol. The SMILES string of the molecule is COCCNc1ncc(C(=O)Nc2ccc(Cl)cc2C)cn1. The van der Waals surface area contributed by atoms with Crippen molar-refractivity contribution in [1.82, 2.24) is 9.97 Å². The molecule has 116 valence electrons. The van der Waals surface area contributed by atoms with E-state index in [2.05, 4.69) is 20.6 Å². The van der Waals surface area contributed by atoms with Crippen LogP contribution in [-0.4, -0.2) is 36.1 Å². The van der Waals surface area contributed by atoms with Gasteiger partial charge in [0.05, 0.1) is 12.2 Å². The Kier molecular flexibility index (Phi) is 5.68. The first-order valence-corrected chi connectivity index (χ1v) is 7.10. The van der Waals surface area contributed by atoms with Crippen LogP contribution >= 0.6 is 11.6 Å². The zero-order chi connectivity index (χ0) is 15.9.